The predicted octanol–water partition coefficient (Wildman–Crippen LogP) is 6.22. The molecule has 0 saturated heterocycles. The van der Waals surface area contributed by atoms with Gasteiger partial charge in [-0.3, -0.25) is 9.78 Å². The van der Waals surface area contributed by atoms with Crippen molar-refractivity contribution in [3.63, 3.8) is 0 Å². The minimum Gasteiger partial charge on any atom is -0.508 e. The van der Waals surface area contributed by atoms with Crippen molar-refractivity contribution in [2.45, 2.75) is 26.2 Å². The number of aromatic amines is 1. The summed E-state index contributed by atoms with van der Waals surface area (Å²) in [6, 6.07) is 18.0. The number of nitriles is 1. The average Bonchev–Trinajstić information content (AvgIpc) is 3.44. The molecule has 3 aromatic carbocycles. The Morgan fingerprint density at radius 1 is 1.07 bits per heavy atom. The van der Waals surface area contributed by atoms with E-state index >= 15 is 4.39 Å². The van der Waals surface area contributed by atoms with Crippen LogP contribution in [0, 0.1) is 17.1 Å². The molecule has 0 saturated carbocycles. The van der Waals surface area contributed by atoms with Gasteiger partial charge in [0.1, 0.15) is 28.3 Å². The summed E-state index contributed by atoms with van der Waals surface area (Å²) in [6.07, 6.45) is 2.59. The lowest BCUT2D eigenvalue weighted by Crippen LogP contribution is -2.20. The fourth-order valence-electron chi connectivity index (χ4n) is 5.38. The summed E-state index contributed by atoms with van der Waals surface area (Å²) < 4.78 is 17.0. The summed E-state index contributed by atoms with van der Waals surface area (Å²) in [6.45, 7) is 1.96. The molecule has 1 amide bonds. The molecule has 3 heterocycles. The topological polar surface area (TPSA) is 128 Å². The maximum atomic E-state index is 17.0. The number of amides is 1. The van der Waals surface area contributed by atoms with E-state index in [9.17, 15) is 15.2 Å². The van der Waals surface area contributed by atoms with E-state index in [4.69, 9.17) is 9.97 Å². The van der Waals surface area contributed by atoms with Crippen molar-refractivity contribution in [1.82, 2.24) is 25.3 Å². The van der Waals surface area contributed by atoms with Crippen molar-refractivity contribution >= 4 is 38.6 Å². The van der Waals surface area contributed by atoms with Crippen LogP contribution in [-0.4, -0.2) is 38.0 Å². The number of rotatable bonds is 6. The summed E-state index contributed by atoms with van der Waals surface area (Å²) in [4.78, 5) is 29.9. The molecule has 8 nitrogen and oxygen atoms in total. The third-order valence-corrected chi connectivity index (χ3v) is 7.25. The van der Waals surface area contributed by atoms with Gasteiger partial charge in [-0.1, -0.05) is 31.2 Å². The van der Waals surface area contributed by atoms with Crippen LogP contribution in [0.2, 0.25) is 0 Å². The number of phenolic OH excluding ortho intramolecular Hbond substituents is 1. The zero-order valence-electron chi connectivity index (χ0n) is 22.4. The quantitative estimate of drug-likeness (QED) is 0.229. The maximum Gasteiger partial charge on any atom is 0.270 e. The van der Waals surface area contributed by atoms with E-state index < -0.39 is 11.7 Å². The molecule has 0 radical (unpaired) electrons. The van der Waals surface area contributed by atoms with E-state index in [-0.39, 0.29) is 28.9 Å². The highest BCUT2D eigenvalue weighted by molar-refractivity contribution is 6.12. The number of pyridine rings is 2. The van der Waals surface area contributed by atoms with Gasteiger partial charge in [0.2, 0.25) is 0 Å². The molecule has 202 valence electrons. The smallest absolute Gasteiger partial charge is 0.270 e. The zero-order chi connectivity index (χ0) is 28.7. The molecule has 41 heavy (non-hydrogen) atoms. The van der Waals surface area contributed by atoms with Crippen LogP contribution in [0.25, 0.3) is 55.1 Å². The van der Waals surface area contributed by atoms with Gasteiger partial charge in [-0.05, 0) is 58.7 Å². The highest BCUT2D eigenvalue weighted by Gasteiger charge is 2.25. The van der Waals surface area contributed by atoms with Gasteiger partial charge in [-0.25, -0.2) is 14.4 Å². The Balaban J connectivity index is 1.76. The van der Waals surface area contributed by atoms with E-state index in [1.807, 2.05) is 37.3 Å². The Labute approximate surface area is 234 Å². The normalized spacial score (nSPS) is 11.3. The van der Waals surface area contributed by atoms with Gasteiger partial charge in [0.25, 0.3) is 5.91 Å². The first-order chi connectivity index (χ1) is 19.9. The number of aromatic nitrogens is 4. The molecule has 0 fully saturated rings. The molecule has 3 aromatic heterocycles. The zero-order valence-corrected chi connectivity index (χ0v) is 22.4. The minimum absolute atomic E-state index is 0.000927. The second-order valence-corrected chi connectivity index (χ2v) is 9.69. The van der Waals surface area contributed by atoms with Crippen molar-refractivity contribution in [2.24, 2.45) is 0 Å². The SMILES string of the molecule is CCc1nc2c([nH]1)c(-c1cccnc1C(=O)NC)nc1c(F)c(-c3cc(O)cc4ccccc34)c(CCC#N)cc12. The molecule has 0 aliphatic carbocycles. The van der Waals surface area contributed by atoms with Crippen LogP contribution in [0.5, 0.6) is 5.75 Å². The van der Waals surface area contributed by atoms with Crippen molar-refractivity contribution in [3.05, 3.63) is 83.7 Å². The third kappa shape index (κ3) is 4.30. The summed E-state index contributed by atoms with van der Waals surface area (Å²) in [5.74, 6) is -0.312. The van der Waals surface area contributed by atoms with Crippen molar-refractivity contribution < 1.29 is 14.3 Å². The molecule has 3 N–H and O–H groups in total. The Hall–Kier alpha value is -5.36. The number of H-pyrrole nitrogens is 1. The Bertz CT molecular complexity index is 2040. The largest absolute Gasteiger partial charge is 0.508 e. The van der Waals surface area contributed by atoms with Crippen LogP contribution in [0.1, 0.15) is 35.2 Å². The Kier molecular flexibility index (Phi) is 6.52. The molecule has 0 spiro atoms. The molecule has 0 bridgehead atoms. The van der Waals surface area contributed by atoms with E-state index in [1.165, 1.54) is 19.3 Å². The fraction of sp³-hybridized carbons (Fsp3) is 0.156. The van der Waals surface area contributed by atoms with Gasteiger partial charge in [0.15, 0.2) is 5.82 Å². The summed E-state index contributed by atoms with van der Waals surface area (Å²) >= 11 is 0. The molecule has 0 aliphatic heterocycles. The van der Waals surface area contributed by atoms with Crippen LogP contribution in [-0.2, 0) is 12.8 Å². The third-order valence-electron chi connectivity index (χ3n) is 7.25. The Morgan fingerprint density at radius 3 is 2.68 bits per heavy atom. The van der Waals surface area contributed by atoms with Crippen LogP contribution in [0.3, 0.4) is 0 Å². The number of fused-ring (bicyclic) bond motifs is 4. The second-order valence-electron chi connectivity index (χ2n) is 9.69. The second kappa shape index (κ2) is 10.3. The monoisotopic (exact) mass is 544 g/mol. The van der Waals surface area contributed by atoms with Gasteiger partial charge < -0.3 is 15.4 Å². The molecule has 6 rings (SSSR count). The van der Waals surface area contributed by atoms with Gasteiger partial charge >= 0.3 is 0 Å². The van der Waals surface area contributed by atoms with E-state index in [2.05, 4.69) is 21.4 Å². The van der Waals surface area contributed by atoms with Crippen molar-refractivity contribution in [1.29, 1.82) is 5.26 Å². The molecular weight excluding hydrogens is 519 g/mol. The molecule has 9 heteroatoms. The predicted molar refractivity (Wildman–Crippen MR) is 156 cm³/mol. The number of nitrogens with one attached hydrogen (secondary N) is 2. The molecule has 0 atom stereocenters. The first kappa shape index (κ1) is 25.9. The number of halogens is 1. The van der Waals surface area contributed by atoms with Crippen LogP contribution < -0.4 is 5.32 Å². The first-order valence-corrected chi connectivity index (χ1v) is 13.2. The standard InChI is InChI=1S/C32H25FN6O2/c1-3-24-37-29-23-15-18(9-6-12-34)25(22-16-19(40)14-17-8-4-5-10-20(17)22)26(33)27(23)39-28(31(29)38-24)21-11-7-13-36-30(21)32(41)35-2/h4-5,7-8,10-11,13-16,40H,3,6,9H2,1-2H3,(H,35,41)(H,37,38). The number of nitrogens with zero attached hydrogens (tertiary/aromatic N) is 4. The van der Waals surface area contributed by atoms with Gasteiger partial charge in [0, 0.05) is 42.6 Å². The van der Waals surface area contributed by atoms with E-state index in [1.54, 1.807) is 18.2 Å². The number of aryl methyl sites for hydroxylation is 2. The number of aromatic hydroxyl groups is 1. The number of benzene rings is 3. The highest BCUT2D eigenvalue weighted by Crippen LogP contribution is 2.41. The lowest BCUT2D eigenvalue weighted by Gasteiger charge is -2.17. The van der Waals surface area contributed by atoms with Gasteiger partial charge in [-0.15, -0.1) is 0 Å². The summed E-state index contributed by atoms with van der Waals surface area (Å²) in [7, 11) is 1.52. The average molecular weight is 545 g/mol. The minimum atomic E-state index is -0.597. The van der Waals surface area contributed by atoms with Crippen LogP contribution in [0.15, 0.2) is 60.8 Å². The first-order valence-electron chi connectivity index (χ1n) is 13.2. The lowest BCUT2D eigenvalue weighted by atomic mass is 9.90. The number of carbonyl (C=O) groups is 1. The molecule has 6 aromatic rings. The van der Waals surface area contributed by atoms with Gasteiger partial charge in [-0.2, -0.15) is 5.26 Å². The summed E-state index contributed by atoms with van der Waals surface area (Å²) in [5.41, 5.74) is 3.45. The molecule has 0 aliphatic rings. The van der Waals surface area contributed by atoms with Crippen molar-refractivity contribution in [2.75, 3.05) is 7.05 Å². The lowest BCUT2D eigenvalue weighted by molar-refractivity contribution is 0.0959. The fourth-order valence-corrected chi connectivity index (χ4v) is 5.38. The van der Waals surface area contributed by atoms with Crippen molar-refractivity contribution in [3.8, 4) is 34.2 Å². The van der Waals surface area contributed by atoms with Crippen LogP contribution in [0.4, 0.5) is 4.39 Å². The number of carbonyl (C=O) groups excluding carboxylic acids is 1. The molecule has 0 unspecified atom stereocenters. The number of imidazole rings is 1. The van der Waals surface area contributed by atoms with Crippen LogP contribution >= 0.6 is 0 Å². The number of hydrogen-bond donors (Lipinski definition) is 3. The number of hydrogen-bond acceptors (Lipinski definition) is 6. The van der Waals surface area contributed by atoms with Gasteiger partial charge in [0.05, 0.1) is 17.3 Å². The Morgan fingerprint density at radius 2 is 1.90 bits per heavy atom. The van der Waals surface area contributed by atoms with E-state index in [0.717, 1.165) is 10.8 Å². The maximum absolute atomic E-state index is 17.0. The number of phenols is 1. The highest BCUT2D eigenvalue weighted by atomic mass is 19.1. The van der Waals surface area contributed by atoms with E-state index in [0.29, 0.717) is 57.5 Å². The molecular formula is C32H25FN6O2. The summed E-state index contributed by atoms with van der Waals surface area (Å²) in [5, 5.41) is 24.6.